The molecule has 112 valence electrons. The van der Waals surface area contributed by atoms with E-state index >= 15 is 0 Å². The van der Waals surface area contributed by atoms with Crippen LogP contribution in [0.4, 0.5) is 16.0 Å². The normalized spacial score (nSPS) is 9.73. The van der Waals surface area contributed by atoms with Crippen LogP contribution in [0.3, 0.4) is 0 Å². The Balaban J connectivity index is 0.000000188. The van der Waals surface area contributed by atoms with Crippen molar-refractivity contribution < 1.29 is 4.39 Å². The molecular formula is C14H12ClFN6. The van der Waals surface area contributed by atoms with Crippen LogP contribution in [0, 0.1) is 5.82 Å². The molecular weight excluding hydrogens is 307 g/mol. The van der Waals surface area contributed by atoms with Crippen LogP contribution in [0.15, 0.2) is 49.1 Å². The lowest BCUT2D eigenvalue weighted by atomic mass is 10.1. The van der Waals surface area contributed by atoms with Crippen LogP contribution >= 0.6 is 11.6 Å². The molecule has 3 rings (SSSR count). The van der Waals surface area contributed by atoms with Crippen LogP contribution < -0.4 is 11.5 Å². The van der Waals surface area contributed by atoms with Crippen LogP contribution in [-0.2, 0) is 0 Å². The van der Waals surface area contributed by atoms with Gasteiger partial charge >= 0.3 is 0 Å². The van der Waals surface area contributed by atoms with Gasteiger partial charge in [0.2, 0.25) is 0 Å². The van der Waals surface area contributed by atoms with E-state index in [1.165, 1.54) is 30.9 Å². The lowest BCUT2D eigenvalue weighted by Gasteiger charge is -2.00. The van der Waals surface area contributed by atoms with E-state index in [-0.39, 0.29) is 5.82 Å². The van der Waals surface area contributed by atoms with E-state index in [4.69, 9.17) is 23.1 Å². The van der Waals surface area contributed by atoms with Gasteiger partial charge in [-0.15, -0.1) is 0 Å². The Morgan fingerprint density at radius 2 is 1.41 bits per heavy atom. The average molecular weight is 319 g/mol. The number of anilines is 2. The highest BCUT2D eigenvalue weighted by atomic mass is 35.5. The summed E-state index contributed by atoms with van der Waals surface area (Å²) in [6.45, 7) is 0. The van der Waals surface area contributed by atoms with Crippen molar-refractivity contribution in [2.45, 2.75) is 0 Å². The molecule has 0 spiro atoms. The van der Waals surface area contributed by atoms with Crippen LogP contribution in [-0.4, -0.2) is 19.9 Å². The predicted molar refractivity (Wildman–Crippen MR) is 83.3 cm³/mol. The van der Waals surface area contributed by atoms with Gasteiger partial charge in [0.1, 0.15) is 35.3 Å². The van der Waals surface area contributed by atoms with Gasteiger partial charge in [0.15, 0.2) is 0 Å². The lowest BCUT2D eigenvalue weighted by Crippen LogP contribution is -1.92. The van der Waals surface area contributed by atoms with Crippen molar-refractivity contribution in [1.82, 2.24) is 19.9 Å². The first-order valence-electron chi connectivity index (χ1n) is 6.11. The quantitative estimate of drug-likeness (QED) is 0.668. The zero-order chi connectivity index (χ0) is 15.9. The monoisotopic (exact) mass is 318 g/mol. The number of rotatable bonds is 1. The van der Waals surface area contributed by atoms with Gasteiger partial charge in [-0.2, -0.15) is 0 Å². The molecule has 4 N–H and O–H groups in total. The van der Waals surface area contributed by atoms with Crippen LogP contribution in [0.2, 0.25) is 5.15 Å². The summed E-state index contributed by atoms with van der Waals surface area (Å²) >= 11 is 5.41. The Labute approximate surface area is 131 Å². The maximum Gasteiger partial charge on any atom is 0.134 e. The lowest BCUT2D eigenvalue weighted by molar-refractivity contribution is 0.628. The van der Waals surface area contributed by atoms with Crippen molar-refractivity contribution in [1.29, 1.82) is 0 Å². The highest BCUT2D eigenvalue weighted by molar-refractivity contribution is 6.29. The fourth-order valence-corrected chi connectivity index (χ4v) is 1.65. The van der Waals surface area contributed by atoms with E-state index in [1.807, 2.05) is 0 Å². The van der Waals surface area contributed by atoms with Crippen molar-refractivity contribution in [3.8, 4) is 11.3 Å². The molecule has 2 aromatic heterocycles. The molecule has 2 heterocycles. The van der Waals surface area contributed by atoms with E-state index in [2.05, 4.69) is 19.9 Å². The Bertz CT molecular complexity index is 733. The summed E-state index contributed by atoms with van der Waals surface area (Å²) in [6.07, 6.45) is 2.70. The molecule has 0 saturated heterocycles. The smallest absolute Gasteiger partial charge is 0.134 e. The summed E-state index contributed by atoms with van der Waals surface area (Å²) in [5, 5.41) is 0.373. The van der Waals surface area contributed by atoms with E-state index in [0.717, 1.165) is 5.56 Å². The van der Waals surface area contributed by atoms with Gasteiger partial charge in [-0.3, -0.25) is 0 Å². The number of aromatic nitrogens is 4. The minimum atomic E-state index is -0.268. The number of hydrogen-bond acceptors (Lipinski definition) is 6. The minimum Gasteiger partial charge on any atom is -0.384 e. The maximum absolute atomic E-state index is 12.6. The Kier molecular flexibility index (Phi) is 5.16. The maximum atomic E-state index is 12.6. The second kappa shape index (κ2) is 7.28. The highest BCUT2D eigenvalue weighted by Gasteiger charge is 1.99. The molecule has 0 radical (unpaired) electrons. The van der Waals surface area contributed by atoms with Gasteiger partial charge in [-0.1, -0.05) is 11.6 Å². The second-order valence-electron chi connectivity index (χ2n) is 4.10. The summed E-state index contributed by atoms with van der Waals surface area (Å²) in [6, 6.07) is 9.20. The van der Waals surface area contributed by atoms with Gasteiger partial charge in [-0.25, -0.2) is 24.3 Å². The average Bonchev–Trinajstić information content (AvgIpc) is 2.48. The summed E-state index contributed by atoms with van der Waals surface area (Å²) < 4.78 is 12.6. The second-order valence-corrected chi connectivity index (χ2v) is 4.49. The Morgan fingerprint density at radius 3 is 1.91 bits per heavy atom. The third kappa shape index (κ3) is 4.64. The standard InChI is InChI=1S/C10H8FN3.C4H4ClN3/c11-8-3-1-7(2-4-8)9-5-10(12)14-6-13-9;5-3-1-4(6)8-2-7-3/h1-6H,(H2,12,13,14);1-2H,(H2,6,7,8). The molecule has 0 atom stereocenters. The van der Waals surface area contributed by atoms with E-state index < -0.39 is 0 Å². The van der Waals surface area contributed by atoms with Crippen LogP contribution in [0.5, 0.6) is 0 Å². The van der Waals surface area contributed by atoms with Crippen molar-refractivity contribution in [2.24, 2.45) is 0 Å². The number of nitrogen functional groups attached to an aromatic ring is 2. The summed E-state index contributed by atoms with van der Waals surface area (Å²) in [4.78, 5) is 15.0. The molecule has 0 amide bonds. The first kappa shape index (κ1) is 15.6. The number of hydrogen-bond donors (Lipinski definition) is 2. The summed E-state index contributed by atoms with van der Waals surface area (Å²) in [5.74, 6) is 0.528. The molecule has 3 aromatic rings. The highest BCUT2D eigenvalue weighted by Crippen LogP contribution is 2.17. The molecule has 8 heteroatoms. The van der Waals surface area contributed by atoms with Gasteiger partial charge in [0.25, 0.3) is 0 Å². The van der Waals surface area contributed by atoms with Crippen LogP contribution in [0.1, 0.15) is 0 Å². The number of nitrogens with zero attached hydrogens (tertiary/aromatic N) is 4. The third-order valence-corrected chi connectivity index (χ3v) is 2.69. The van der Waals surface area contributed by atoms with E-state index in [9.17, 15) is 4.39 Å². The topological polar surface area (TPSA) is 104 Å². The SMILES string of the molecule is Nc1cc(-c2ccc(F)cc2)ncn1.Nc1cc(Cl)ncn1. The Hall–Kier alpha value is -2.80. The molecule has 0 aliphatic rings. The van der Waals surface area contributed by atoms with Crippen molar-refractivity contribution in [2.75, 3.05) is 11.5 Å². The molecule has 0 bridgehead atoms. The number of halogens is 2. The fraction of sp³-hybridized carbons (Fsp3) is 0. The van der Waals surface area contributed by atoms with Crippen molar-refractivity contribution in [3.05, 3.63) is 60.0 Å². The molecule has 0 aliphatic carbocycles. The minimum absolute atomic E-state index is 0.268. The molecule has 6 nitrogen and oxygen atoms in total. The summed E-state index contributed by atoms with van der Waals surface area (Å²) in [7, 11) is 0. The molecule has 0 aliphatic heterocycles. The number of benzene rings is 1. The molecule has 0 fully saturated rings. The van der Waals surface area contributed by atoms with E-state index in [0.29, 0.717) is 22.5 Å². The first-order chi connectivity index (χ1) is 10.5. The van der Waals surface area contributed by atoms with Gasteiger partial charge < -0.3 is 11.5 Å². The van der Waals surface area contributed by atoms with Crippen molar-refractivity contribution >= 4 is 23.2 Å². The van der Waals surface area contributed by atoms with Gasteiger partial charge in [-0.05, 0) is 24.3 Å². The molecule has 1 aromatic carbocycles. The number of nitrogens with two attached hydrogens (primary N) is 2. The Morgan fingerprint density at radius 1 is 0.818 bits per heavy atom. The van der Waals surface area contributed by atoms with Crippen molar-refractivity contribution in [3.63, 3.8) is 0 Å². The molecule has 22 heavy (non-hydrogen) atoms. The summed E-state index contributed by atoms with van der Waals surface area (Å²) in [5.41, 5.74) is 12.2. The zero-order valence-electron chi connectivity index (χ0n) is 11.3. The van der Waals surface area contributed by atoms with Crippen LogP contribution in [0.25, 0.3) is 11.3 Å². The third-order valence-electron chi connectivity index (χ3n) is 2.48. The first-order valence-corrected chi connectivity index (χ1v) is 6.49. The zero-order valence-corrected chi connectivity index (χ0v) is 12.1. The van der Waals surface area contributed by atoms with E-state index in [1.54, 1.807) is 18.2 Å². The fourth-order valence-electron chi connectivity index (χ4n) is 1.50. The van der Waals surface area contributed by atoms with Gasteiger partial charge in [0, 0.05) is 17.7 Å². The largest absolute Gasteiger partial charge is 0.384 e. The molecule has 0 unspecified atom stereocenters. The van der Waals surface area contributed by atoms with Gasteiger partial charge in [0.05, 0.1) is 5.69 Å². The molecule has 0 saturated carbocycles. The predicted octanol–water partition coefficient (Wildman–Crippen LogP) is 2.58.